The van der Waals surface area contributed by atoms with Crippen molar-refractivity contribution < 1.29 is 9.90 Å². The van der Waals surface area contributed by atoms with Gasteiger partial charge < -0.3 is 10.4 Å². The molecular formula is C30H41NO2. The lowest BCUT2D eigenvalue weighted by Gasteiger charge is -2.44. The van der Waals surface area contributed by atoms with E-state index in [0.717, 1.165) is 43.4 Å². The molecule has 1 aromatic carbocycles. The van der Waals surface area contributed by atoms with Gasteiger partial charge in [0.25, 0.3) is 5.91 Å². The van der Waals surface area contributed by atoms with Crippen LogP contribution in [0.4, 0.5) is 0 Å². The Bertz CT molecular complexity index is 914. The normalized spacial score (nSPS) is 33.2. The van der Waals surface area contributed by atoms with Crippen molar-refractivity contribution in [2.75, 3.05) is 6.54 Å². The Morgan fingerprint density at radius 3 is 2.76 bits per heavy atom. The van der Waals surface area contributed by atoms with E-state index in [1.807, 2.05) is 30.3 Å². The molecule has 2 unspecified atom stereocenters. The van der Waals surface area contributed by atoms with Crippen LogP contribution in [0.5, 0.6) is 0 Å². The van der Waals surface area contributed by atoms with Gasteiger partial charge in [0.15, 0.2) is 0 Å². The van der Waals surface area contributed by atoms with Crippen LogP contribution in [0, 0.1) is 23.2 Å². The minimum Gasteiger partial charge on any atom is -0.388 e. The number of carbonyl (C=O) groups is 1. The van der Waals surface area contributed by atoms with Crippen LogP contribution in [0.1, 0.15) is 82.0 Å². The second-order valence-corrected chi connectivity index (χ2v) is 10.9. The zero-order valence-corrected chi connectivity index (χ0v) is 20.5. The van der Waals surface area contributed by atoms with Gasteiger partial charge in [0.05, 0.1) is 6.10 Å². The van der Waals surface area contributed by atoms with Gasteiger partial charge in [-0.2, -0.15) is 0 Å². The number of benzene rings is 1. The lowest BCUT2D eigenvalue weighted by atomic mass is 9.61. The Labute approximate surface area is 200 Å². The second-order valence-electron chi connectivity index (χ2n) is 10.9. The summed E-state index contributed by atoms with van der Waals surface area (Å²) in [7, 11) is 0. The maximum absolute atomic E-state index is 12.4. The first-order valence-electron chi connectivity index (χ1n) is 13.0. The molecule has 0 spiro atoms. The Hall–Kier alpha value is -2.13. The first-order valence-corrected chi connectivity index (χ1v) is 13.0. The fourth-order valence-electron chi connectivity index (χ4n) is 6.95. The summed E-state index contributed by atoms with van der Waals surface area (Å²) in [6.07, 6.45) is 14.6. The highest BCUT2D eigenvalue weighted by molar-refractivity contribution is 5.94. The molecule has 5 atom stereocenters. The smallest absolute Gasteiger partial charge is 0.251 e. The van der Waals surface area contributed by atoms with Gasteiger partial charge in [0.2, 0.25) is 0 Å². The van der Waals surface area contributed by atoms with E-state index in [2.05, 4.69) is 37.9 Å². The lowest BCUT2D eigenvalue weighted by Crippen LogP contribution is -2.37. The van der Waals surface area contributed by atoms with Crippen LogP contribution in [0.15, 0.2) is 65.8 Å². The van der Waals surface area contributed by atoms with Crippen molar-refractivity contribution in [3.05, 3.63) is 71.3 Å². The van der Waals surface area contributed by atoms with Crippen LogP contribution in [0.2, 0.25) is 0 Å². The topological polar surface area (TPSA) is 49.3 Å². The molecule has 0 aromatic heterocycles. The van der Waals surface area contributed by atoms with Crippen molar-refractivity contribution in [1.82, 2.24) is 5.32 Å². The van der Waals surface area contributed by atoms with Crippen LogP contribution in [0.25, 0.3) is 0 Å². The largest absolute Gasteiger partial charge is 0.388 e. The molecule has 178 valence electrons. The first kappa shape index (κ1) is 24.0. The Morgan fingerprint density at radius 1 is 1.18 bits per heavy atom. The summed E-state index contributed by atoms with van der Waals surface area (Å²) in [6.45, 7) is 9.79. The lowest BCUT2D eigenvalue weighted by molar-refractivity contribution is 0.0893. The molecule has 1 amide bonds. The van der Waals surface area contributed by atoms with E-state index < -0.39 is 0 Å². The standard InChI is InChI=1S/C30H41NO2/c1-21(18-20-31-29(33)25-9-5-4-6-10-25)26-16-17-27-24(12-8-19-30(26,27)3)15-14-23-11-7-13-28(32)22(23)2/h4-6,9-10,14-15,21,26-28,32H,2,7-8,11-13,16-20H2,1,3H3,(H,31,33)/b23-14-,24-15+/t21-,26-,27+,28?,30?/m1/s1. The third-order valence-corrected chi connectivity index (χ3v) is 8.88. The number of hydrogen-bond donors (Lipinski definition) is 2. The van der Waals surface area contributed by atoms with Gasteiger partial charge >= 0.3 is 0 Å². The molecule has 4 rings (SSSR count). The number of hydrogen-bond acceptors (Lipinski definition) is 2. The maximum atomic E-state index is 12.4. The molecule has 3 fully saturated rings. The summed E-state index contributed by atoms with van der Waals surface area (Å²) in [5.74, 6) is 2.00. The molecule has 0 saturated heterocycles. The molecule has 0 bridgehead atoms. The first-order chi connectivity index (χ1) is 15.9. The van der Waals surface area contributed by atoms with Gasteiger partial charge in [-0.3, -0.25) is 4.79 Å². The van der Waals surface area contributed by atoms with Crippen molar-refractivity contribution in [1.29, 1.82) is 0 Å². The van der Waals surface area contributed by atoms with Crippen molar-refractivity contribution >= 4 is 5.91 Å². The van der Waals surface area contributed by atoms with Gasteiger partial charge in [0, 0.05) is 12.1 Å². The number of carbonyl (C=O) groups excluding carboxylic acids is 1. The van der Waals surface area contributed by atoms with Crippen LogP contribution in [-0.4, -0.2) is 23.7 Å². The van der Waals surface area contributed by atoms with Crippen LogP contribution >= 0.6 is 0 Å². The number of aliphatic hydroxyl groups excluding tert-OH is 1. The molecule has 1 aromatic rings. The molecule has 33 heavy (non-hydrogen) atoms. The summed E-state index contributed by atoms with van der Waals surface area (Å²) < 4.78 is 0. The molecular weight excluding hydrogens is 406 g/mol. The highest BCUT2D eigenvalue weighted by Gasteiger charge is 2.50. The minimum atomic E-state index is -0.362. The van der Waals surface area contributed by atoms with E-state index in [4.69, 9.17) is 0 Å². The number of aliphatic hydroxyl groups is 1. The average molecular weight is 448 g/mol. The van der Waals surface area contributed by atoms with E-state index in [-0.39, 0.29) is 12.0 Å². The van der Waals surface area contributed by atoms with E-state index in [1.54, 1.807) is 5.57 Å². The molecule has 0 aliphatic heterocycles. The van der Waals surface area contributed by atoms with Gasteiger partial charge in [0.1, 0.15) is 0 Å². The highest BCUT2D eigenvalue weighted by atomic mass is 16.3. The molecule has 2 N–H and O–H groups in total. The minimum absolute atomic E-state index is 0.0312. The third kappa shape index (κ3) is 5.19. The molecule has 3 aliphatic rings. The zero-order valence-electron chi connectivity index (χ0n) is 20.5. The van der Waals surface area contributed by atoms with E-state index in [1.165, 1.54) is 37.7 Å². The monoisotopic (exact) mass is 447 g/mol. The Kier molecular flexibility index (Phi) is 7.58. The summed E-state index contributed by atoms with van der Waals surface area (Å²) in [6, 6.07) is 9.50. The molecule has 3 nitrogen and oxygen atoms in total. The number of amides is 1. The summed E-state index contributed by atoms with van der Waals surface area (Å²) in [5, 5.41) is 13.3. The van der Waals surface area contributed by atoms with E-state index in [0.29, 0.717) is 23.2 Å². The van der Waals surface area contributed by atoms with E-state index >= 15 is 0 Å². The highest BCUT2D eigenvalue weighted by Crippen LogP contribution is 2.59. The van der Waals surface area contributed by atoms with Gasteiger partial charge in [-0.15, -0.1) is 0 Å². The maximum Gasteiger partial charge on any atom is 0.251 e. The van der Waals surface area contributed by atoms with Gasteiger partial charge in [-0.1, -0.05) is 56.4 Å². The molecule has 3 saturated carbocycles. The van der Waals surface area contributed by atoms with E-state index in [9.17, 15) is 9.90 Å². The fraction of sp³-hybridized carbons (Fsp3) is 0.567. The average Bonchev–Trinajstić information content (AvgIpc) is 3.18. The van der Waals surface area contributed by atoms with Crippen LogP contribution < -0.4 is 5.32 Å². The SMILES string of the molecule is C=C1/C(=C\C=C2/CCCC3(C)[C@@H]([C@H](C)CCNC(=O)c4ccccc4)CC[C@@H]23)CCCC1O. The Balaban J connectivity index is 1.37. The Morgan fingerprint density at radius 2 is 1.97 bits per heavy atom. The predicted octanol–water partition coefficient (Wildman–Crippen LogP) is 6.61. The number of allylic oxidation sites excluding steroid dienone is 3. The fourth-order valence-corrected chi connectivity index (χ4v) is 6.95. The van der Waals surface area contributed by atoms with Crippen molar-refractivity contribution in [3.63, 3.8) is 0 Å². The second kappa shape index (κ2) is 10.4. The molecule has 0 heterocycles. The van der Waals surface area contributed by atoms with Gasteiger partial charge in [-0.25, -0.2) is 0 Å². The zero-order chi connectivity index (χ0) is 23.4. The number of rotatable bonds is 6. The molecule has 3 aliphatic carbocycles. The van der Waals surface area contributed by atoms with Crippen molar-refractivity contribution in [2.45, 2.75) is 77.7 Å². The van der Waals surface area contributed by atoms with Crippen LogP contribution in [-0.2, 0) is 0 Å². The van der Waals surface area contributed by atoms with Gasteiger partial charge in [-0.05, 0) is 104 Å². The summed E-state index contributed by atoms with van der Waals surface area (Å²) >= 11 is 0. The van der Waals surface area contributed by atoms with Crippen molar-refractivity contribution in [2.24, 2.45) is 23.2 Å². The molecule has 3 heteroatoms. The summed E-state index contributed by atoms with van der Waals surface area (Å²) in [4.78, 5) is 12.4. The molecule has 0 radical (unpaired) electrons. The number of nitrogens with one attached hydrogen (secondary N) is 1. The van der Waals surface area contributed by atoms with Crippen LogP contribution in [0.3, 0.4) is 0 Å². The predicted molar refractivity (Wildman–Crippen MR) is 136 cm³/mol. The van der Waals surface area contributed by atoms with Crippen molar-refractivity contribution in [3.8, 4) is 0 Å². The number of fused-ring (bicyclic) bond motifs is 1. The quantitative estimate of drug-likeness (QED) is 0.515. The summed E-state index contributed by atoms with van der Waals surface area (Å²) in [5.41, 5.74) is 4.87. The third-order valence-electron chi connectivity index (χ3n) is 8.88.